The van der Waals surface area contributed by atoms with Crippen molar-refractivity contribution in [2.75, 3.05) is 10.6 Å². The molecule has 5 heteroatoms. The molecular formula is C17H17N3O2. The van der Waals surface area contributed by atoms with Crippen LogP contribution in [0.1, 0.15) is 17.0 Å². The minimum atomic E-state index is -0.289. The Morgan fingerprint density at radius 2 is 1.64 bits per heavy atom. The second-order valence-electron chi connectivity index (χ2n) is 5.29. The van der Waals surface area contributed by atoms with E-state index in [4.69, 9.17) is 4.42 Å². The molecule has 0 fully saturated rings. The number of hydrogen-bond acceptors (Lipinski definition) is 3. The van der Waals surface area contributed by atoms with Gasteiger partial charge in [0.05, 0.1) is 0 Å². The number of hydrogen-bond donors (Lipinski definition) is 2. The average Bonchev–Trinajstić information content (AvgIpc) is 2.82. The van der Waals surface area contributed by atoms with E-state index >= 15 is 0 Å². The van der Waals surface area contributed by atoms with Gasteiger partial charge >= 0.3 is 6.03 Å². The molecule has 0 aliphatic carbocycles. The Morgan fingerprint density at radius 1 is 0.955 bits per heavy atom. The Bertz CT molecular complexity index is 852. The van der Waals surface area contributed by atoms with Gasteiger partial charge in [0.15, 0.2) is 11.5 Å². The summed E-state index contributed by atoms with van der Waals surface area (Å²) in [5.41, 5.74) is 5.19. The van der Waals surface area contributed by atoms with Gasteiger partial charge in [0.1, 0.15) is 5.52 Å². The summed E-state index contributed by atoms with van der Waals surface area (Å²) in [5, 5.41) is 5.61. The van der Waals surface area contributed by atoms with Crippen molar-refractivity contribution in [3.8, 4) is 0 Å². The minimum Gasteiger partial charge on any atom is -0.441 e. The number of nitrogens with one attached hydrogen (secondary N) is 2. The number of aromatic nitrogens is 1. The van der Waals surface area contributed by atoms with Gasteiger partial charge < -0.3 is 15.1 Å². The number of rotatable bonds is 2. The molecule has 0 atom stereocenters. The van der Waals surface area contributed by atoms with Crippen LogP contribution < -0.4 is 10.6 Å². The van der Waals surface area contributed by atoms with E-state index in [1.807, 2.05) is 32.0 Å². The van der Waals surface area contributed by atoms with Crippen LogP contribution in [-0.4, -0.2) is 11.0 Å². The van der Waals surface area contributed by atoms with Gasteiger partial charge in [-0.05, 0) is 55.3 Å². The van der Waals surface area contributed by atoms with E-state index in [-0.39, 0.29) is 6.03 Å². The van der Waals surface area contributed by atoms with Gasteiger partial charge in [0.25, 0.3) is 0 Å². The molecule has 2 N–H and O–H groups in total. The first-order valence-corrected chi connectivity index (χ1v) is 7.04. The van der Waals surface area contributed by atoms with E-state index in [0.29, 0.717) is 17.2 Å². The Morgan fingerprint density at radius 3 is 2.36 bits per heavy atom. The van der Waals surface area contributed by atoms with Crippen LogP contribution in [0.15, 0.2) is 40.8 Å². The summed E-state index contributed by atoms with van der Waals surface area (Å²) in [7, 11) is 0. The molecule has 0 bridgehead atoms. The number of nitrogens with zero attached hydrogens (tertiary/aromatic N) is 1. The zero-order valence-corrected chi connectivity index (χ0v) is 12.7. The van der Waals surface area contributed by atoms with Gasteiger partial charge in [-0.25, -0.2) is 9.78 Å². The monoisotopic (exact) mass is 295 g/mol. The maximum absolute atomic E-state index is 12.1. The molecule has 1 aromatic heterocycles. The van der Waals surface area contributed by atoms with Crippen molar-refractivity contribution in [2.45, 2.75) is 20.8 Å². The van der Waals surface area contributed by atoms with E-state index < -0.39 is 0 Å². The lowest BCUT2D eigenvalue weighted by Crippen LogP contribution is -2.19. The molecule has 3 aromatic rings. The number of anilines is 2. The lowest BCUT2D eigenvalue weighted by molar-refractivity contribution is 0.262. The van der Waals surface area contributed by atoms with Gasteiger partial charge in [-0.2, -0.15) is 0 Å². The topological polar surface area (TPSA) is 67.2 Å². The van der Waals surface area contributed by atoms with Gasteiger partial charge in [-0.1, -0.05) is 6.07 Å². The molecule has 112 valence electrons. The van der Waals surface area contributed by atoms with Crippen LogP contribution in [-0.2, 0) is 0 Å². The average molecular weight is 295 g/mol. The van der Waals surface area contributed by atoms with Crippen molar-refractivity contribution >= 4 is 28.5 Å². The van der Waals surface area contributed by atoms with Crippen molar-refractivity contribution in [3.63, 3.8) is 0 Å². The molecule has 0 unspecified atom stereocenters. The zero-order chi connectivity index (χ0) is 15.7. The van der Waals surface area contributed by atoms with Crippen LogP contribution >= 0.6 is 0 Å². The van der Waals surface area contributed by atoms with Crippen LogP contribution in [0, 0.1) is 20.8 Å². The van der Waals surface area contributed by atoms with E-state index in [1.54, 1.807) is 25.1 Å². The van der Waals surface area contributed by atoms with Crippen LogP contribution in [0.25, 0.3) is 11.1 Å². The highest BCUT2D eigenvalue weighted by molar-refractivity contribution is 6.00. The van der Waals surface area contributed by atoms with Crippen molar-refractivity contribution in [1.82, 2.24) is 4.98 Å². The molecule has 2 aromatic carbocycles. The Kier molecular flexibility index (Phi) is 3.55. The third-order valence-electron chi connectivity index (χ3n) is 3.52. The fourth-order valence-electron chi connectivity index (χ4n) is 2.23. The van der Waals surface area contributed by atoms with Crippen LogP contribution in [0.4, 0.5) is 16.2 Å². The predicted octanol–water partition coefficient (Wildman–Crippen LogP) is 4.40. The normalized spacial score (nSPS) is 10.7. The number of aryl methyl sites for hydroxylation is 3. The number of urea groups is 1. The highest BCUT2D eigenvalue weighted by Crippen LogP contribution is 2.20. The first-order chi connectivity index (χ1) is 10.5. The van der Waals surface area contributed by atoms with Gasteiger partial charge in [0, 0.05) is 18.3 Å². The van der Waals surface area contributed by atoms with Crippen LogP contribution in [0.3, 0.4) is 0 Å². The summed E-state index contributed by atoms with van der Waals surface area (Å²) >= 11 is 0. The molecule has 5 nitrogen and oxygen atoms in total. The fraction of sp³-hybridized carbons (Fsp3) is 0.176. The standard InChI is InChI=1S/C17H17N3O2/c1-10-4-5-13(8-11(10)2)19-17(21)20-14-6-7-16-15(9-14)18-12(3)22-16/h4-9H,1-3H3,(H2,19,20,21). The van der Waals surface area contributed by atoms with Crippen LogP contribution in [0.5, 0.6) is 0 Å². The lowest BCUT2D eigenvalue weighted by atomic mass is 10.1. The van der Waals surface area contributed by atoms with Gasteiger partial charge in [-0.3, -0.25) is 0 Å². The molecule has 0 radical (unpaired) electrons. The minimum absolute atomic E-state index is 0.289. The van der Waals surface area contributed by atoms with Crippen LogP contribution in [0.2, 0.25) is 0 Å². The van der Waals surface area contributed by atoms with Crippen molar-refractivity contribution < 1.29 is 9.21 Å². The molecule has 0 saturated carbocycles. The molecule has 0 spiro atoms. The summed E-state index contributed by atoms with van der Waals surface area (Å²) in [6.07, 6.45) is 0. The number of fused-ring (bicyclic) bond motifs is 1. The molecule has 0 aliphatic rings. The number of carbonyl (C=O) groups is 1. The lowest BCUT2D eigenvalue weighted by Gasteiger charge is -2.09. The van der Waals surface area contributed by atoms with E-state index in [2.05, 4.69) is 15.6 Å². The highest BCUT2D eigenvalue weighted by atomic mass is 16.3. The summed E-state index contributed by atoms with van der Waals surface area (Å²) in [6.45, 7) is 5.84. The SMILES string of the molecule is Cc1nc2cc(NC(=O)Nc3ccc(C)c(C)c3)ccc2o1. The van der Waals surface area contributed by atoms with E-state index in [1.165, 1.54) is 5.56 Å². The first kappa shape index (κ1) is 14.1. The smallest absolute Gasteiger partial charge is 0.323 e. The second-order valence-corrected chi connectivity index (χ2v) is 5.29. The van der Waals surface area contributed by atoms with Crippen molar-refractivity contribution in [3.05, 3.63) is 53.4 Å². The predicted molar refractivity (Wildman–Crippen MR) is 87.3 cm³/mol. The Labute approximate surface area is 128 Å². The van der Waals surface area contributed by atoms with Gasteiger partial charge in [0.2, 0.25) is 0 Å². The molecule has 2 amide bonds. The van der Waals surface area contributed by atoms with Gasteiger partial charge in [-0.15, -0.1) is 0 Å². The fourth-order valence-corrected chi connectivity index (χ4v) is 2.23. The largest absolute Gasteiger partial charge is 0.441 e. The Balaban J connectivity index is 1.73. The maximum Gasteiger partial charge on any atom is 0.323 e. The molecule has 3 rings (SSSR count). The molecule has 0 aliphatic heterocycles. The van der Waals surface area contributed by atoms with E-state index in [9.17, 15) is 4.79 Å². The van der Waals surface area contributed by atoms with Crippen molar-refractivity contribution in [2.24, 2.45) is 0 Å². The molecule has 1 heterocycles. The quantitative estimate of drug-likeness (QED) is 0.736. The molecule has 0 saturated heterocycles. The molecular weight excluding hydrogens is 278 g/mol. The number of carbonyl (C=O) groups excluding carboxylic acids is 1. The first-order valence-electron chi connectivity index (χ1n) is 7.04. The molecule has 22 heavy (non-hydrogen) atoms. The number of oxazole rings is 1. The number of amides is 2. The third-order valence-corrected chi connectivity index (χ3v) is 3.52. The summed E-state index contributed by atoms with van der Waals surface area (Å²) < 4.78 is 5.41. The third kappa shape index (κ3) is 2.93. The Hall–Kier alpha value is -2.82. The number of benzene rings is 2. The van der Waals surface area contributed by atoms with Crippen molar-refractivity contribution in [1.29, 1.82) is 0 Å². The summed E-state index contributed by atoms with van der Waals surface area (Å²) in [5.74, 6) is 0.603. The highest BCUT2D eigenvalue weighted by Gasteiger charge is 2.07. The summed E-state index contributed by atoms with van der Waals surface area (Å²) in [4.78, 5) is 16.3. The summed E-state index contributed by atoms with van der Waals surface area (Å²) in [6, 6.07) is 10.9. The second kappa shape index (κ2) is 5.52. The van der Waals surface area contributed by atoms with E-state index in [0.717, 1.165) is 16.8 Å². The zero-order valence-electron chi connectivity index (χ0n) is 12.7. The maximum atomic E-state index is 12.1.